The first-order chi connectivity index (χ1) is 28.0. The van der Waals surface area contributed by atoms with E-state index in [-0.39, 0.29) is 35.8 Å². The number of nitrogens with zero attached hydrogens (tertiary/aromatic N) is 7. The van der Waals surface area contributed by atoms with E-state index < -0.39 is 29.7 Å². The first-order valence-corrected chi connectivity index (χ1v) is 20.8. The van der Waals surface area contributed by atoms with Gasteiger partial charge in [-0.15, -0.1) is 0 Å². The molecule has 3 aromatic carbocycles. The Morgan fingerprint density at radius 1 is 0.828 bits per heavy atom. The molecule has 7 aliphatic rings. The van der Waals surface area contributed by atoms with Gasteiger partial charge in [-0.05, 0) is 99.0 Å². The van der Waals surface area contributed by atoms with E-state index in [1.807, 2.05) is 36.4 Å². The largest absolute Gasteiger partial charge is 0.371 e. The van der Waals surface area contributed by atoms with Gasteiger partial charge >= 0.3 is 0 Å². The van der Waals surface area contributed by atoms with E-state index in [2.05, 4.69) is 53.7 Å². The highest BCUT2D eigenvalue weighted by Gasteiger charge is 2.51. The van der Waals surface area contributed by atoms with E-state index in [1.165, 1.54) is 0 Å². The summed E-state index contributed by atoms with van der Waals surface area (Å²) in [4.78, 5) is 80.6. The fraction of sp³-hybridized carbons (Fsp3) is 0.455. The van der Waals surface area contributed by atoms with Crippen LogP contribution in [0.15, 0.2) is 60.7 Å². The molecule has 298 valence electrons. The molecule has 1 N–H and O–H groups in total. The van der Waals surface area contributed by atoms with Crippen LogP contribution >= 0.6 is 11.6 Å². The topological polar surface area (TPSA) is 121 Å². The summed E-state index contributed by atoms with van der Waals surface area (Å²) in [5.74, 6) is -1.91. The van der Waals surface area contributed by atoms with Crippen molar-refractivity contribution in [3.63, 3.8) is 0 Å². The van der Waals surface area contributed by atoms with Crippen molar-refractivity contribution in [3.8, 4) is 0 Å². The quantitative estimate of drug-likeness (QED) is 0.273. The zero-order valence-corrected chi connectivity index (χ0v) is 33.2. The number of fused-ring (bicyclic) bond motifs is 3. The summed E-state index contributed by atoms with van der Waals surface area (Å²) < 4.78 is 0. The molecule has 5 amide bonds. The minimum absolute atomic E-state index is 0.0866. The Bertz CT molecular complexity index is 2300. The maximum atomic E-state index is 13.8. The van der Waals surface area contributed by atoms with Gasteiger partial charge in [0, 0.05) is 104 Å². The summed E-state index contributed by atoms with van der Waals surface area (Å²) >= 11 is 6.39. The number of imide groups is 2. The zero-order chi connectivity index (χ0) is 40.0. The third kappa shape index (κ3) is 6.02. The van der Waals surface area contributed by atoms with Crippen LogP contribution in [0.5, 0.6) is 0 Å². The molecule has 10 rings (SSSR count). The zero-order valence-electron chi connectivity index (χ0n) is 32.4. The van der Waals surface area contributed by atoms with Crippen molar-refractivity contribution in [2.24, 2.45) is 5.41 Å². The number of halogens is 1. The average Bonchev–Trinajstić information content (AvgIpc) is 3.96. The van der Waals surface area contributed by atoms with Gasteiger partial charge in [0.25, 0.3) is 17.7 Å². The Hall–Kier alpha value is -5.45. The molecular weight excluding hydrogens is 756 g/mol. The highest BCUT2D eigenvalue weighted by atomic mass is 35.5. The van der Waals surface area contributed by atoms with E-state index >= 15 is 0 Å². The monoisotopic (exact) mass is 800 g/mol. The summed E-state index contributed by atoms with van der Waals surface area (Å²) in [6.07, 6.45) is 4.53. The van der Waals surface area contributed by atoms with E-state index in [4.69, 9.17) is 18.2 Å². The minimum atomic E-state index is -0.981. The van der Waals surface area contributed by atoms with Crippen molar-refractivity contribution in [3.05, 3.63) is 93.8 Å². The van der Waals surface area contributed by atoms with Gasteiger partial charge in [-0.1, -0.05) is 17.7 Å². The Morgan fingerprint density at radius 3 is 2.24 bits per heavy atom. The summed E-state index contributed by atoms with van der Waals surface area (Å²) in [5.41, 5.74) is 5.16. The van der Waals surface area contributed by atoms with Gasteiger partial charge in [0.15, 0.2) is 0 Å². The van der Waals surface area contributed by atoms with Crippen LogP contribution in [-0.2, 0) is 9.59 Å². The molecule has 1 unspecified atom stereocenters. The van der Waals surface area contributed by atoms with Gasteiger partial charge in [-0.2, -0.15) is 0 Å². The van der Waals surface area contributed by atoms with Crippen molar-refractivity contribution < 1.29 is 24.0 Å². The summed E-state index contributed by atoms with van der Waals surface area (Å²) in [5, 5.41) is 2.75. The molecule has 6 saturated heterocycles. The molecule has 2 bridgehead atoms. The first-order valence-electron chi connectivity index (χ1n) is 20.5. The number of piperazine rings is 1. The fourth-order valence-electron chi connectivity index (χ4n) is 10.9. The number of likely N-dealkylation sites (tertiary alicyclic amines) is 2. The fourth-order valence-corrected chi connectivity index (χ4v) is 11.2. The van der Waals surface area contributed by atoms with Crippen molar-refractivity contribution in [2.45, 2.75) is 75.7 Å². The Balaban J connectivity index is 0.711. The van der Waals surface area contributed by atoms with Gasteiger partial charge in [0.2, 0.25) is 17.5 Å². The molecule has 7 heterocycles. The number of piperidine rings is 2. The van der Waals surface area contributed by atoms with Crippen LogP contribution in [0.25, 0.3) is 4.85 Å². The van der Waals surface area contributed by atoms with E-state index in [1.54, 1.807) is 12.1 Å². The van der Waals surface area contributed by atoms with E-state index in [0.717, 1.165) is 92.5 Å². The van der Waals surface area contributed by atoms with Crippen LogP contribution < -0.4 is 20.0 Å². The molecule has 0 aromatic heterocycles. The predicted molar refractivity (Wildman–Crippen MR) is 219 cm³/mol. The molecule has 3 aromatic rings. The number of amides is 5. The lowest BCUT2D eigenvalue weighted by molar-refractivity contribution is -0.136. The molecule has 58 heavy (non-hydrogen) atoms. The van der Waals surface area contributed by atoms with Crippen LogP contribution in [0, 0.1) is 12.0 Å². The standard InChI is InChI=1S/C44H45ClN8O5/c1-26-20-44(25-52(26)30-8-10-37(46-2)36(45)19-30)13-15-48(16-14-44)28-5-3-27(4-6-28)41(56)51-24-31-17-32(51)23-50(31)33-21-49(22-33)29-7-9-34-35(18-29)43(58)53(42(34)57)38-11-12-39(54)47-40(38)55/h3-10,18-19,26,31-33,38H,11-17,20-25H2,1H3,(H,47,54,55)/t26-,31-,32-,38?/m0/s1. The Kier molecular flexibility index (Phi) is 8.80. The van der Waals surface area contributed by atoms with E-state index in [9.17, 15) is 24.0 Å². The van der Waals surface area contributed by atoms with Crippen molar-refractivity contribution >= 4 is 63.9 Å². The Labute approximate surface area is 342 Å². The highest BCUT2D eigenvalue weighted by molar-refractivity contribution is 6.33. The van der Waals surface area contributed by atoms with Crippen molar-refractivity contribution in [2.75, 3.05) is 60.5 Å². The van der Waals surface area contributed by atoms with Crippen LogP contribution in [-0.4, -0.2) is 120 Å². The van der Waals surface area contributed by atoms with Gasteiger partial charge in [-0.25, -0.2) is 4.85 Å². The molecular formula is C44H45ClN8O5. The van der Waals surface area contributed by atoms with Crippen molar-refractivity contribution in [1.82, 2.24) is 20.0 Å². The molecule has 0 radical (unpaired) electrons. The normalized spacial score (nSPS) is 26.7. The summed E-state index contributed by atoms with van der Waals surface area (Å²) in [7, 11) is 0. The summed E-state index contributed by atoms with van der Waals surface area (Å²) in [6, 6.07) is 19.5. The SMILES string of the molecule is [C-]#[N+]c1ccc(N2CC3(CCN(c4ccc(C(=O)N5C[C@@H]6C[C@H]5CN6C5CN(c6ccc7c(c6)C(=O)N(C6CCC(=O)NC6=O)C7=O)C5)cc4)CC3)C[C@@H]2C)cc1Cl. The first kappa shape index (κ1) is 36.9. The maximum Gasteiger partial charge on any atom is 0.262 e. The Morgan fingerprint density at radius 2 is 1.55 bits per heavy atom. The highest BCUT2D eigenvalue weighted by Crippen LogP contribution is 2.46. The van der Waals surface area contributed by atoms with E-state index in [0.29, 0.717) is 40.9 Å². The van der Waals surface area contributed by atoms with Gasteiger partial charge in [0.1, 0.15) is 6.04 Å². The summed E-state index contributed by atoms with van der Waals surface area (Å²) in [6.45, 7) is 15.7. The number of rotatable bonds is 6. The number of anilines is 3. The third-order valence-electron chi connectivity index (χ3n) is 14.1. The number of hydrogen-bond donors (Lipinski definition) is 1. The predicted octanol–water partition coefficient (Wildman–Crippen LogP) is 4.96. The number of carbonyl (C=O) groups excluding carboxylic acids is 5. The second-order valence-corrected chi connectivity index (χ2v) is 17.8. The van der Waals surface area contributed by atoms with Gasteiger partial charge < -0.3 is 19.6 Å². The van der Waals surface area contributed by atoms with Crippen molar-refractivity contribution in [1.29, 1.82) is 0 Å². The number of benzene rings is 3. The second-order valence-electron chi connectivity index (χ2n) is 17.4. The second kappa shape index (κ2) is 13.8. The smallest absolute Gasteiger partial charge is 0.262 e. The molecule has 4 atom stereocenters. The lowest BCUT2D eigenvalue weighted by atomic mass is 9.76. The lowest BCUT2D eigenvalue weighted by Gasteiger charge is -2.49. The lowest BCUT2D eigenvalue weighted by Crippen LogP contribution is -2.63. The molecule has 7 aliphatic heterocycles. The average molecular weight is 801 g/mol. The minimum Gasteiger partial charge on any atom is -0.371 e. The number of nitrogens with one attached hydrogen (secondary N) is 1. The van der Waals surface area contributed by atoms with Crippen LogP contribution in [0.2, 0.25) is 5.02 Å². The molecule has 13 nitrogen and oxygen atoms in total. The van der Waals surface area contributed by atoms with Gasteiger partial charge in [0.05, 0.1) is 17.7 Å². The third-order valence-corrected chi connectivity index (χ3v) is 14.4. The molecule has 0 saturated carbocycles. The molecule has 0 aliphatic carbocycles. The maximum absolute atomic E-state index is 13.8. The van der Waals surface area contributed by atoms with Crippen LogP contribution in [0.3, 0.4) is 0 Å². The molecule has 14 heteroatoms. The molecule has 1 spiro atoms. The van der Waals surface area contributed by atoms with Crippen LogP contribution in [0.1, 0.15) is 76.5 Å². The van der Waals surface area contributed by atoms with Gasteiger partial charge in [-0.3, -0.25) is 39.1 Å². The number of hydrogen-bond acceptors (Lipinski definition) is 9. The molecule has 6 fully saturated rings. The van der Waals surface area contributed by atoms with Crippen LogP contribution in [0.4, 0.5) is 22.7 Å². The number of carbonyl (C=O) groups is 5.